The number of hydrogen-bond donors (Lipinski definition) is 3. The van der Waals surface area contributed by atoms with E-state index < -0.39 is 41.7 Å². The number of anilines is 1. The summed E-state index contributed by atoms with van der Waals surface area (Å²) in [5, 5.41) is 15.2. The molecule has 3 heterocycles. The zero-order valence-electron chi connectivity index (χ0n) is 22.0. The second kappa shape index (κ2) is 11.7. The summed E-state index contributed by atoms with van der Waals surface area (Å²) >= 11 is 0. The van der Waals surface area contributed by atoms with Gasteiger partial charge in [-0.1, -0.05) is 45.0 Å². The maximum atomic E-state index is 13.5. The summed E-state index contributed by atoms with van der Waals surface area (Å²) in [6.07, 6.45) is 9.58. The van der Waals surface area contributed by atoms with E-state index in [1.165, 1.54) is 0 Å². The lowest BCUT2D eigenvalue weighted by Crippen LogP contribution is -2.53. The Balaban J connectivity index is 1.54. The van der Waals surface area contributed by atoms with Crippen LogP contribution < -0.4 is 10.6 Å². The van der Waals surface area contributed by atoms with Crippen molar-refractivity contribution in [1.82, 2.24) is 19.9 Å². The lowest BCUT2D eigenvalue weighted by molar-refractivity contribution is -0.141. The molecule has 0 spiro atoms. The van der Waals surface area contributed by atoms with E-state index in [4.69, 9.17) is 0 Å². The number of nitrogens with zero attached hydrogens (tertiary/aromatic N) is 3. The van der Waals surface area contributed by atoms with Gasteiger partial charge < -0.3 is 20.3 Å². The smallest absolute Gasteiger partial charge is 0.306 e. The van der Waals surface area contributed by atoms with Crippen molar-refractivity contribution in [3.63, 3.8) is 0 Å². The molecule has 4 rings (SSSR count). The van der Waals surface area contributed by atoms with Gasteiger partial charge in [-0.25, -0.2) is 0 Å². The van der Waals surface area contributed by atoms with Gasteiger partial charge in [0.25, 0.3) is 0 Å². The van der Waals surface area contributed by atoms with E-state index in [0.29, 0.717) is 5.69 Å². The van der Waals surface area contributed by atoms with Crippen LogP contribution in [0.15, 0.2) is 91.8 Å². The average molecular weight is 526 g/mol. The Kier molecular flexibility index (Phi) is 8.19. The number of hydrogen-bond acceptors (Lipinski definition) is 5. The molecule has 0 aliphatic rings. The van der Waals surface area contributed by atoms with E-state index in [9.17, 15) is 19.5 Å². The molecule has 9 heteroatoms. The fraction of sp³-hybridized carbons (Fsp3) is 0.233. The normalized spacial score (nSPS) is 12.8. The zero-order chi connectivity index (χ0) is 28.0. The summed E-state index contributed by atoms with van der Waals surface area (Å²) in [6.45, 7) is 5.50. The van der Waals surface area contributed by atoms with E-state index in [0.717, 1.165) is 22.3 Å². The van der Waals surface area contributed by atoms with Crippen LogP contribution in [0.25, 0.3) is 22.3 Å². The second-order valence-electron chi connectivity index (χ2n) is 10.3. The van der Waals surface area contributed by atoms with Crippen LogP contribution >= 0.6 is 0 Å². The molecule has 0 aliphatic carbocycles. The molecule has 2 amide bonds. The molecule has 0 fully saturated rings. The fourth-order valence-corrected chi connectivity index (χ4v) is 4.24. The third-order valence-electron chi connectivity index (χ3n) is 6.34. The predicted octanol–water partition coefficient (Wildman–Crippen LogP) is 4.80. The van der Waals surface area contributed by atoms with Gasteiger partial charge in [-0.05, 0) is 58.0 Å². The van der Waals surface area contributed by atoms with Crippen LogP contribution in [0.1, 0.15) is 33.2 Å². The monoisotopic (exact) mass is 525 g/mol. The topological polar surface area (TPSA) is 126 Å². The highest BCUT2D eigenvalue weighted by Crippen LogP contribution is 2.27. The maximum absolute atomic E-state index is 13.5. The lowest BCUT2D eigenvalue weighted by atomic mass is 9.85. The average Bonchev–Trinajstić information content (AvgIpc) is 3.40. The first-order valence-electron chi connectivity index (χ1n) is 12.5. The summed E-state index contributed by atoms with van der Waals surface area (Å²) < 4.78 is 1.58. The highest BCUT2D eigenvalue weighted by molar-refractivity contribution is 5.98. The minimum Gasteiger partial charge on any atom is -0.481 e. The van der Waals surface area contributed by atoms with Crippen molar-refractivity contribution < 1.29 is 19.5 Å². The van der Waals surface area contributed by atoms with Crippen LogP contribution in [-0.4, -0.2) is 43.5 Å². The SMILES string of the molecule is CC(C)(C)C(NC(=O)C(CC(=O)O)n1ccc(-c2ccc(-c3ccncc3)cc2)c1)C(=O)Nc1ccncc1. The number of pyridine rings is 2. The van der Waals surface area contributed by atoms with Gasteiger partial charge in [0.2, 0.25) is 11.8 Å². The first-order valence-corrected chi connectivity index (χ1v) is 12.5. The molecule has 0 bridgehead atoms. The van der Waals surface area contributed by atoms with Gasteiger partial charge in [0, 0.05) is 42.9 Å². The number of aromatic nitrogens is 3. The van der Waals surface area contributed by atoms with E-state index >= 15 is 0 Å². The molecule has 1 aromatic carbocycles. The molecule has 4 aromatic rings. The number of carbonyl (C=O) groups excluding carboxylic acids is 2. The van der Waals surface area contributed by atoms with Crippen molar-refractivity contribution in [2.45, 2.75) is 39.3 Å². The van der Waals surface area contributed by atoms with Crippen molar-refractivity contribution in [1.29, 1.82) is 0 Å². The molecule has 0 radical (unpaired) electrons. The Bertz CT molecular complexity index is 1430. The first kappa shape index (κ1) is 27.3. The number of amides is 2. The van der Waals surface area contributed by atoms with Crippen LogP contribution in [0.3, 0.4) is 0 Å². The highest BCUT2D eigenvalue weighted by atomic mass is 16.4. The number of carboxylic acid groups (broad SMARTS) is 1. The maximum Gasteiger partial charge on any atom is 0.306 e. The number of aliphatic carboxylic acids is 1. The molecule has 2 unspecified atom stereocenters. The molecule has 3 aromatic heterocycles. The number of rotatable bonds is 9. The molecular formula is C30H31N5O4. The Labute approximate surface area is 226 Å². The lowest BCUT2D eigenvalue weighted by Gasteiger charge is -2.31. The summed E-state index contributed by atoms with van der Waals surface area (Å²) in [5.41, 5.74) is 3.76. The number of carboxylic acids is 1. The van der Waals surface area contributed by atoms with Gasteiger partial charge in [-0.2, -0.15) is 0 Å². The van der Waals surface area contributed by atoms with Crippen molar-refractivity contribution in [2.75, 3.05) is 5.32 Å². The Morgan fingerprint density at radius 2 is 1.33 bits per heavy atom. The summed E-state index contributed by atoms with van der Waals surface area (Å²) in [4.78, 5) is 46.3. The van der Waals surface area contributed by atoms with Gasteiger partial charge >= 0.3 is 5.97 Å². The van der Waals surface area contributed by atoms with E-state index in [2.05, 4.69) is 20.6 Å². The summed E-state index contributed by atoms with van der Waals surface area (Å²) in [7, 11) is 0. The molecular weight excluding hydrogens is 494 g/mol. The molecule has 39 heavy (non-hydrogen) atoms. The van der Waals surface area contributed by atoms with Crippen molar-refractivity contribution in [3.05, 3.63) is 91.8 Å². The van der Waals surface area contributed by atoms with Gasteiger partial charge in [-0.15, -0.1) is 0 Å². The first-order chi connectivity index (χ1) is 18.6. The van der Waals surface area contributed by atoms with Gasteiger partial charge in [0.1, 0.15) is 12.1 Å². The van der Waals surface area contributed by atoms with E-state index in [-0.39, 0.29) is 0 Å². The fourth-order valence-electron chi connectivity index (χ4n) is 4.24. The number of nitrogens with one attached hydrogen (secondary N) is 2. The largest absolute Gasteiger partial charge is 0.481 e. The van der Waals surface area contributed by atoms with Gasteiger partial charge in [-0.3, -0.25) is 24.4 Å². The molecule has 3 N–H and O–H groups in total. The van der Waals surface area contributed by atoms with Crippen LogP contribution in [0, 0.1) is 5.41 Å². The standard InChI is InChI=1S/C30H31N5O4/c1-30(2,3)27(29(39)33-24-10-15-32-16-11-24)34-28(38)25(18-26(36)37)35-17-12-23(19-35)21-6-4-20(5-7-21)22-8-13-31-14-9-22/h4-17,19,25,27H,18H2,1-3H3,(H,34,38)(H,36,37)(H,32,33,39). The van der Waals surface area contributed by atoms with Crippen LogP contribution in [0.4, 0.5) is 5.69 Å². The Hall–Kier alpha value is -4.79. The highest BCUT2D eigenvalue weighted by Gasteiger charge is 2.35. The Morgan fingerprint density at radius 3 is 1.90 bits per heavy atom. The number of carbonyl (C=O) groups is 3. The van der Waals surface area contributed by atoms with Crippen molar-refractivity contribution in [2.24, 2.45) is 5.41 Å². The van der Waals surface area contributed by atoms with Gasteiger partial charge in [0.15, 0.2) is 0 Å². The quantitative estimate of drug-likeness (QED) is 0.288. The summed E-state index contributed by atoms with van der Waals surface area (Å²) in [5.74, 6) is -2.09. The van der Waals surface area contributed by atoms with Crippen molar-refractivity contribution >= 4 is 23.5 Å². The van der Waals surface area contributed by atoms with E-state index in [1.54, 1.807) is 53.9 Å². The van der Waals surface area contributed by atoms with Crippen molar-refractivity contribution in [3.8, 4) is 22.3 Å². The Morgan fingerprint density at radius 1 is 0.795 bits per heavy atom. The van der Waals surface area contributed by atoms with Crippen LogP contribution in [0.2, 0.25) is 0 Å². The molecule has 9 nitrogen and oxygen atoms in total. The molecule has 0 aliphatic heterocycles. The zero-order valence-corrected chi connectivity index (χ0v) is 22.0. The second-order valence-corrected chi connectivity index (χ2v) is 10.3. The van der Waals surface area contributed by atoms with Crippen LogP contribution in [-0.2, 0) is 14.4 Å². The third-order valence-corrected chi connectivity index (χ3v) is 6.34. The number of benzene rings is 1. The van der Waals surface area contributed by atoms with E-state index in [1.807, 2.05) is 63.2 Å². The van der Waals surface area contributed by atoms with Gasteiger partial charge in [0.05, 0.1) is 6.42 Å². The predicted molar refractivity (Wildman–Crippen MR) is 149 cm³/mol. The van der Waals surface area contributed by atoms with Crippen LogP contribution in [0.5, 0.6) is 0 Å². The molecule has 0 saturated carbocycles. The molecule has 200 valence electrons. The minimum absolute atomic E-state index is 0.404. The molecule has 0 saturated heterocycles. The third kappa shape index (κ3) is 6.95. The minimum atomic E-state index is -1.12. The molecule has 2 atom stereocenters. The summed E-state index contributed by atoms with van der Waals surface area (Å²) in [6, 6.07) is 15.0.